The maximum absolute atomic E-state index is 4.94. The molecule has 0 spiro atoms. The molecule has 2 N–H and O–H groups in total. The van der Waals surface area contributed by atoms with E-state index < -0.39 is 0 Å². The van der Waals surface area contributed by atoms with Gasteiger partial charge in [-0.2, -0.15) is 0 Å². The molecule has 1 aromatic carbocycles. The van der Waals surface area contributed by atoms with Crippen LogP contribution in [0.15, 0.2) is 35.3 Å². The quantitative estimate of drug-likeness (QED) is 0.492. The Hall–Kier alpha value is -1.63. The Balaban J connectivity index is 1.44. The zero-order valence-corrected chi connectivity index (χ0v) is 20.2. The summed E-state index contributed by atoms with van der Waals surface area (Å²) in [4.78, 5) is 12.6. The monoisotopic (exact) mass is 428 g/mol. The Kier molecular flexibility index (Phi) is 9.62. The van der Waals surface area contributed by atoms with Crippen molar-refractivity contribution >= 4 is 5.96 Å². The maximum atomic E-state index is 4.94. The summed E-state index contributed by atoms with van der Waals surface area (Å²) in [5.41, 5.74) is 1.41. The number of nitrogens with zero attached hydrogens (tertiary/aromatic N) is 4. The van der Waals surface area contributed by atoms with Crippen LogP contribution in [-0.2, 0) is 6.54 Å². The third-order valence-corrected chi connectivity index (χ3v) is 6.65. The molecule has 1 aromatic rings. The molecule has 6 heteroatoms. The minimum absolute atomic E-state index is 0.493. The number of guanidine groups is 1. The largest absolute Gasteiger partial charge is 0.357 e. The number of hydrogen-bond donors (Lipinski definition) is 2. The van der Waals surface area contributed by atoms with Gasteiger partial charge in [-0.1, -0.05) is 37.3 Å². The first-order chi connectivity index (χ1) is 15.0. The number of hydrogen-bond acceptors (Lipinski definition) is 4. The summed E-state index contributed by atoms with van der Waals surface area (Å²) in [7, 11) is 2.21. The lowest BCUT2D eigenvalue weighted by Gasteiger charge is -2.38. The predicted molar refractivity (Wildman–Crippen MR) is 132 cm³/mol. The van der Waals surface area contributed by atoms with Gasteiger partial charge in [0.05, 0.1) is 0 Å². The van der Waals surface area contributed by atoms with Crippen LogP contribution in [0.25, 0.3) is 0 Å². The van der Waals surface area contributed by atoms with Gasteiger partial charge in [0.25, 0.3) is 0 Å². The lowest BCUT2D eigenvalue weighted by atomic mass is 9.97. The SMILES string of the molecule is CCNC(=NCC(C)CN1CCN(C)CC1)NC1CCN(Cc2ccccc2)C(C)C1. The Morgan fingerprint density at radius 2 is 1.87 bits per heavy atom. The summed E-state index contributed by atoms with van der Waals surface area (Å²) in [5.74, 6) is 1.56. The Bertz CT molecular complexity index is 655. The zero-order valence-electron chi connectivity index (χ0n) is 20.2. The molecule has 0 saturated carbocycles. The Labute approximate surface area is 190 Å². The van der Waals surface area contributed by atoms with E-state index in [1.165, 1.54) is 38.2 Å². The number of likely N-dealkylation sites (tertiary alicyclic amines) is 1. The van der Waals surface area contributed by atoms with Crippen molar-refractivity contribution in [3.05, 3.63) is 35.9 Å². The molecule has 0 amide bonds. The van der Waals surface area contributed by atoms with Gasteiger partial charge in [0.2, 0.25) is 0 Å². The van der Waals surface area contributed by atoms with Gasteiger partial charge in [0.15, 0.2) is 5.96 Å². The minimum Gasteiger partial charge on any atom is -0.357 e. The van der Waals surface area contributed by atoms with E-state index in [0.29, 0.717) is 18.0 Å². The van der Waals surface area contributed by atoms with Crippen molar-refractivity contribution in [2.45, 2.75) is 52.2 Å². The van der Waals surface area contributed by atoms with Gasteiger partial charge in [-0.15, -0.1) is 0 Å². The number of aliphatic imine (C=N–C) groups is 1. The summed E-state index contributed by atoms with van der Waals surface area (Å²) in [6.45, 7) is 16.7. The van der Waals surface area contributed by atoms with Crippen LogP contribution < -0.4 is 10.6 Å². The Morgan fingerprint density at radius 1 is 1.13 bits per heavy atom. The molecule has 174 valence electrons. The summed E-state index contributed by atoms with van der Waals surface area (Å²) in [6, 6.07) is 11.9. The van der Waals surface area contributed by atoms with Crippen molar-refractivity contribution in [1.82, 2.24) is 25.3 Å². The molecule has 31 heavy (non-hydrogen) atoms. The van der Waals surface area contributed by atoms with Crippen molar-refractivity contribution in [2.24, 2.45) is 10.9 Å². The number of benzene rings is 1. The van der Waals surface area contributed by atoms with Crippen LogP contribution in [0.4, 0.5) is 0 Å². The molecular weight excluding hydrogens is 384 g/mol. The first-order valence-corrected chi connectivity index (χ1v) is 12.3. The van der Waals surface area contributed by atoms with Crippen LogP contribution in [-0.4, -0.2) is 92.1 Å². The molecule has 3 atom stereocenters. The predicted octanol–water partition coefficient (Wildman–Crippen LogP) is 2.48. The van der Waals surface area contributed by atoms with Crippen LogP contribution in [0, 0.1) is 5.92 Å². The summed E-state index contributed by atoms with van der Waals surface area (Å²) < 4.78 is 0. The molecule has 0 radical (unpaired) electrons. The van der Waals surface area contributed by atoms with Crippen LogP contribution >= 0.6 is 0 Å². The molecule has 0 aromatic heterocycles. The highest BCUT2D eigenvalue weighted by Gasteiger charge is 2.26. The molecule has 0 bridgehead atoms. The van der Waals surface area contributed by atoms with E-state index in [-0.39, 0.29) is 0 Å². The molecule has 2 fully saturated rings. The molecule has 2 aliphatic heterocycles. The van der Waals surface area contributed by atoms with Crippen molar-refractivity contribution < 1.29 is 0 Å². The highest BCUT2D eigenvalue weighted by atomic mass is 15.2. The highest BCUT2D eigenvalue weighted by molar-refractivity contribution is 5.80. The molecule has 6 nitrogen and oxygen atoms in total. The maximum Gasteiger partial charge on any atom is 0.191 e. The van der Waals surface area contributed by atoms with Crippen LogP contribution in [0.5, 0.6) is 0 Å². The van der Waals surface area contributed by atoms with E-state index in [1.807, 2.05) is 0 Å². The van der Waals surface area contributed by atoms with Crippen LogP contribution in [0.3, 0.4) is 0 Å². The molecule has 3 unspecified atom stereocenters. The lowest BCUT2D eigenvalue weighted by molar-refractivity contribution is 0.134. The van der Waals surface area contributed by atoms with Crippen LogP contribution in [0.2, 0.25) is 0 Å². The van der Waals surface area contributed by atoms with Gasteiger partial charge >= 0.3 is 0 Å². The summed E-state index contributed by atoms with van der Waals surface area (Å²) in [5, 5.41) is 7.19. The summed E-state index contributed by atoms with van der Waals surface area (Å²) in [6.07, 6.45) is 2.33. The van der Waals surface area contributed by atoms with Gasteiger partial charge < -0.3 is 20.4 Å². The molecule has 2 heterocycles. The average molecular weight is 429 g/mol. The lowest BCUT2D eigenvalue weighted by Crippen LogP contribution is -2.51. The molecule has 3 rings (SSSR count). The molecule has 2 aliphatic rings. The standard InChI is InChI=1S/C25H44N6/c1-5-26-25(27-18-21(2)19-30-15-13-29(4)14-16-30)28-24-11-12-31(22(3)17-24)20-23-9-7-6-8-10-23/h6-10,21-22,24H,5,11-20H2,1-4H3,(H2,26,27,28). The van der Waals surface area contributed by atoms with E-state index in [4.69, 9.17) is 4.99 Å². The van der Waals surface area contributed by atoms with Crippen LogP contribution in [0.1, 0.15) is 39.2 Å². The third-order valence-electron chi connectivity index (χ3n) is 6.65. The third kappa shape index (κ3) is 8.09. The van der Waals surface area contributed by atoms with Gasteiger partial charge in [-0.05, 0) is 45.2 Å². The minimum atomic E-state index is 0.493. The Morgan fingerprint density at radius 3 is 2.55 bits per heavy atom. The fraction of sp³-hybridized carbons (Fsp3) is 0.720. The number of likely N-dealkylation sites (N-methyl/N-ethyl adjacent to an activating group) is 1. The average Bonchev–Trinajstić information content (AvgIpc) is 2.76. The van der Waals surface area contributed by atoms with E-state index in [1.54, 1.807) is 0 Å². The van der Waals surface area contributed by atoms with E-state index in [9.17, 15) is 0 Å². The van der Waals surface area contributed by atoms with E-state index in [0.717, 1.165) is 45.1 Å². The normalized spacial score (nSPS) is 25.4. The smallest absolute Gasteiger partial charge is 0.191 e. The second kappa shape index (κ2) is 12.4. The number of piperidine rings is 1. The van der Waals surface area contributed by atoms with E-state index in [2.05, 4.69) is 83.5 Å². The van der Waals surface area contributed by atoms with Crippen molar-refractivity contribution in [1.29, 1.82) is 0 Å². The second-order valence-corrected chi connectivity index (χ2v) is 9.60. The van der Waals surface area contributed by atoms with E-state index >= 15 is 0 Å². The summed E-state index contributed by atoms with van der Waals surface area (Å²) >= 11 is 0. The van der Waals surface area contributed by atoms with Crippen molar-refractivity contribution in [2.75, 3.05) is 59.4 Å². The number of nitrogens with one attached hydrogen (secondary N) is 2. The van der Waals surface area contributed by atoms with Crippen molar-refractivity contribution in [3.8, 4) is 0 Å². The fourth-order valence-corrected chi connectivity index (χ4v) is 4.69. The first-order valence-electron chi connectivity index (χ1n) is 12.3. The van der Waals surface area contributed by atoms with Gasteiger partial charge in [-0.25, -0.2) is 0 Å². The first kappa shape index (κ1) is 24.0. The van der Waals surface area contributed by atoms with Gasteiger partial charge in [0, 0.05) is 71.0 Å². The molecular formula is C25H44N6. The topological polar surface area (TPSA) is 46.1 Å². The molecule has 2 saturated heterocycles. The van der Waals surface area contributed by atoms with Crippen molar-refractivity contribution in [3.63, 3.8) is 0 Å². The highest BCUT2D eigenvalue weighted by Crippen LogP contribution is 2.20. The molecule has 0 aliphatic carbocycles. The van der Waals surface area contributed by atoms with Gasteiger partial charge in [0.1, 0.15) is 0 Å². The number of piperazine rings is 1. The van der Waals surface area contributed by atoms with Gasteiger partial charge in [-0.3, -0.25) is 9.89 Å². The number of rotatable bonds is 8. The second-order valence-electron chi connectivity index (χ2n) is 9.60. The fourth-order valence-electron chi connectivity index (χ4n) is 4.69. The zero-order chi connectivity index (χ0) is 22.1.